The first kappa shape index (κ1) is 27.7. The summed E-state index contributed by atoms with van der Waals surface area (Å²) in [6.45, 7) is 5.18. The molecule has 34 heavy (non-hydrogen) atoms. The van der Waals surface area contributed by atoms with Crippen LogP contribution in [0.3, 0.4) is 0 Å². The molecule has 0 aromatic heterocycles. The molecule has 2 atom stereocenters. The zero-order chi connectivity index (χ0) is 25.5. The third-order valence-electron chi connectivity index (χ3n) is 5.71. The number of imide groups is 1. The van der Waals surface area contributed by atoms with Gasteiger partial charge in [0.25, 0.3) is 11.8 Å². The van der Waals surface area contributed by atoms with E-state index in [0.717, 1.165) is 9.37 Å². The van der Waals surface area contributed by atoms with Gasteiger partial charge in [-0.05, 0) is 51.5 Å². The molecule has 1 heterocycles. The van der Waals surface area contributed by atoms with Crippen LogP contribution in [0.2, 0.25) is 0 Å². The number of hydrogen-bond donors (Lipinski definition) is 3. The topological polar surface area (TPSA) is 138 Å². The number of hydrogen-bond acceptors (Lipinski definition) is 7. The van der Waals surface area contributed by atoms with Gasteiger partial charge in [-0.15, -0.1) is 0 Å². The Balaban J connectivity index is 2.19. The SMILES string of the molecule is CCOCOCC(CC(CN1C(=O)N(C)C(C)(C)C1=O)C(=O)NO)NC(=O)c1ccc(Br)cc1. The van der Waals surface area contributed by atoms with Crippen molar-refractivity contribution in [2.75, 3.05) is 33.6 Å². The molecule has 1 aromatic carbocycles. The van der Waals surface area contributed by atoms with Crippen LogP contribution < -0.4 is 10.8 Å². The maximum Gasteiger partial charge on any atom is 0.327 e. The summed E-state index contributed by atoms with van der Waals surface area (Å²) in [4.78, 5) is 52.9. The summed E-state index contributed by atoms with van der Waals surface area (Å²) in [6, 6.07) is 5.48. The molecule has 1 aliphatic rings. The van der Waals surface area contributed by atoms with Crippen LogP contribution in [0.5, 0.6) is 0 Å². The number of likely N-dealkylation sites (N-methyl/N-ethyl adjacent to an activating group) is 1. The van der Waals surface area contributed by atoms with E-state index in [2.05, 4.69) is 21.2 Å². The number of ether oxygens (including phenoxy) is 2. The Bertz CT molecular complexity index is 894. The van der Waals surface area contributed by atoms with Crippen molar-refractivity contribution in [1.29, 1.82) is 0 Å². The number of nitrogens with one attached hydrogen (secondary N) is 2. The van der Waals surface area contributed by atoms with Gasteiger partial charge in [0.05, 0.1) is 18.6 Å². The molecule has 1 aliphatic heterocycles. The van der Waals surface area contributed by atoms with Crippen molar-refractivity contribution >= 4 is 39.7 Å². The van der Waals surface area contributed by atoms with Crippen molar-refractivity contribution in [3.05, 3.63) is 34.3 Å². The van der Waals surface area contributed by atoms with Crippen molar-refractivity contribution in [2.45, 2.75) is 38.8 Å². The summed E-state index contributed by atoms with van der Waals surface area (Å²) in [6.07, 6.45) is -0.0119. The lowest BCUT2D eigenvalue weighted by Crippen LogP contribution is -2.47. The monoisotopic (exact) mass is 542 g/mol. The van der Waals surface area contributed by atoms with Crippen LogP contribution in [0.15, 0.2) is 28.7 Å². The van der Waals surface area contributed by atoms with E-state index in [1.807, 2.05) is 0 Å². The van der Waals surface area contributed by atoms with Gasteiger partial charge in [0.1, 0.15) is 12.3 Å². The molecular weight excluding hydrogens is 512 g/mol. The highest BCUT2D eigenvalue weighted by atomic mass is 79.9. The number of hydroxylamine groups is 1. The maximum absolute atomic E-state index is 12.8. The average Bonchev–Trinajstić information content (AvgIpc) is 2.95. The molecule has 0 saturated carbocycles. The van der Waals surface area contributed by atoms with E-state index in [-0.39, 0.29) is 26.4 Å². The van der Waals surface area contributed by atoms with E-state index in [9.17, 15) is 24.4 Å². The standard InChI is InChI=1S/C22H31BrN4O7/c1-5-33-13-34-12-17(24-18(28)14-6-8-16(23)9-7-14)10-15(19(29)25-32)11-27-20(30)22(2,3)26(4)21(27)31/h6-9,15,17,32H,5,10-13H2,1-4H3,(H,24,28)(H,25,29). The third-order valence-corrected chi connectivity index (χ3v) is 6.24. The van der Waals surface area contributed by atoms with Crippen LogP contribution in [0.25, 0.3) is 0 Å². The first-order valence-corrected chi connectivity index (χ1v) is 11.6. The van der Waals surface area contributed by atoms with E-state index in [0.29, 0.717) is 12.2 Å². The fraction of sp³-hybridized carbons (Fsp3) is 0.545. The first-order valence-electron chi connectivity index (χ1n) is 10.8. The van der Waals surface area contributed by atoms with Crippen molar-refractivity contribution in [3.63, 3.8) is 0 Å². The second-order valence-corrected chi connectivity index (χ2v) is 9.30. The average molecular weight is 543 g/mol. The first-order chi connectivity index (χ1) is 16.0. The molecular formula is C22H31BrN4O7. The number of carbonyl (C=O) groups is 4. The predicted molar refractivity (Wildman–Crippen MR) is 125 cm³/mol. The molecule has 188 valence electrons. The molecule has 3 N–H and O–H groups in total. The van der Waals surface area contributed by atoms with Crippen molar-refractivity contribution < 1.29 is 33.9 Å². The Labute approximate surface area is 206 Å². The van der Waals surface area contributed by atoms with Crippen molar-refractivity contribution in [1.82, 2.24) is 20.6 Å². The van der Waals surface area contributed by atoms with E-state index in [4.69, 9.17) is 9.47 Å². The highest BCUT2D eigenvalue weighted by Crippen LogP contribution is 2.27. The van der Waals surface area contributed by atoms with Gasteiger partial charge in [0, 0.05) is 30.2 Å². The molecule has 1 aromatic rings. The summed E-state index contributed by atoms with van der Waals surface area (Å²) < 4.78 is 11.5. The van der Waals surface area contributed by atoms with Gasteiger partial charge in [-0.25, -0.2) is 10.3 Å². The Morgan fingerprint density at radius 3 is 2.35 bits per heavy atom. The molecule has 11 nitrogen and oxygen atoms in total. The minimum atomic E-state index is -1.06. The molecule has 1 saturated heterocycles. The molecule has 5 amide bonds. The second kappa shape index (κ2) is 12.2. The number of amides is 5. The Morgan fingerprint density at radius 2 is 1.82 bits per heavy atom. The minimum absolute atomic E-state index is 0.00473. The molecule has 2 rings (SSSR count). The lowest BCUT2D eigenvalue weighted by Gasteiger charge is -2.26. The van der Waals surface area contributed by atoms with Gasteiger partial charge in [-0.2, -0.15) is 0 Å². The molecule has 0 bridgehead atoms. The largest absolute Gasteiger partial charge is 0.356 e. The van der Waals surface area contributed by atoms with Crippen molar-refractivity contribution in [3.8, 4) is 0 Å². The number of halogens is 1. The third kappa shape index (κ3) is 6.75. The van der Waals surface area contributed by atoms with E-state index in [1.165, 1.54) is 11.9 Å². The van der Waals surface area contributed by atoms with Gasteiger partial charge in [-0.1, -0.05) is 15.9 Å². The number of carbonyl (C=O) groups excluding carboxylic acids is 4. The van der Waals surface area contributed by atoms with E-state index in [1.54, 1.807) is 50.5 Å². The molecule has 2 unspecified atom stereocenters. The number of nitrogens with zero attached hydrogens (tertiary/aromatic N) is 2. The van der Waals surface area contributed by atoms with Crippen LogP contribution in [0.1, 0.15) is 37.6 Å². The van der Waals surface area contributed by atoms with Crippen LogP contribution in [0.4, 0.5) is 4.79 Å². The molecule has 1 fully saturated rings. The van der Waals surface area contributed by atoms with Crippen LogP contribution in [-0.2, 0) is 19.1 Å². The van der Waals surface area contributed by atoms with Crippen molar-refractivity contribution in [2.24, 2.45) is 5.92 Å². The Morgan fingerprint density at radius 1 is 1.18 bits per heavy atom. The van der Waals surface area contributed by atoms with Crippen LogP contribution >= 0.6 is 15.9 Å². The summed E-state index contributed by atoms with van der Waals surface area (Å²) in [7, 11) is 1.50. The maximum atomic E-state index is 12.8. The molecule has 0 aliphatic carbocycles. The Hall–Kier alpha value is -2.54. The van der Waals surface area contributed by atoms with Gasteiger partial charge in [-0.3, -0.25) is 24.5 Å². The fourth-order valence-corrected chi connectivity index (χ4v) is 3.70. The van der Waals surface area contributed by atoms with Gasteiger partial charge in [0.15, 0.2) is 0 Å². The summed E-state index contributed by atoms with van der Waals surface area (Å²) in [5, 5.41) is 12.1. The number of urea groups is 1. The molecule has 0 spiro atoms. The van der Waals surface area contributed by atoms with Crippen LogP contribution in [-0.4, -0.2) is 83.9 Å². The smallest absolute Gasteiger partial charge is 0.327 e. The number of rotatable bonds is 12. The van der Waals surface area contributed by atoms with E-state index >= 15 is 0 Å². The molecule has 12 heteroatoms. The fourth-order valence-electron chi connectivity index (χ4n) is 3.43. The normalized spacial score (nSPS) is 17.0. The summed E-state index contributed by atoms with van der Waals surface area (Å²) >= 11 is 3.32. The quantitative estimate of drug-likeness (QED) is 0.120. The lowest BCUT2D eigenvalue weighted by molar-refractivity contribution is -0.137. The molecule has 0 radical (unpaired) electrons. The van der Waals surface area contributed by atoms with Gasteiger partial charge < -0.3 is 19.7 Å². The van der Waals surface area contributed by atoms with E-state index < -0.39 is 41.3 Å². The highest BCUT2D eigenvalue weighted by molar-refractivity contribution is 9.10. The number of benzene rings is 1. The van der Waals surface area contributed by atoms with Crippen LogP contribution in [0, 0.1) is 5.92 Å². The highest BCUT2D eigenvalue weighted by Gasteiger charge is 2.50. The second-order valence-electron chi connectivity index (χ2n) is 8.38. The summed E-state index contributed by atoms with van der Waals surface area (Å²) in [5.41, 5.74) is 0.924. The zero-order valence-corrected chi connectivity index (χ0v) is 21.3. The lowest BCUT2D eigenvalue weighted by atomic mass is 9.97. The van der Waals surface area contributed by atoms with Gasteiger partial charge in [0.2, 0.25) is 5.91 Å². The minimum Gasteiger partial charge on any atom is -0.356 e. The zero-order valence-electron chi connectivity index (χ0n) is 19.7. The Kier molecular flexibility index (Phi) is 9.98. The summed E-state index contributed by atoms with van der Waals surface area (Å²) in [5.74, 6) is -2.65. The van der Waals surface area contributed by atoms with Gasteiger partial charge >= 0.3 is 6.03 Å². The predicted octanol–water partition coefficient (Wildman–Crippen LogP) is 1.74.